The molecular formula is C11H13NO2. The number of amides is 1. The van der Waals surface area contributed by atoms with Gasteiger partial charge in [-0.2, -0.15) is 0 Å². The van der Waals surface area contributed by atoms with E-state index in [1.165, 1.54) is 6.92 Å². The van der Waals surface area contributed by atoms with Crippen molar-refractivity contribution in [1.82, 2.24) is 5.32 Å². The monoisotopic (exact) mass is 191 g/mol. The Labute approximate surface area is 83.4 Å². The van der Waals surface area contributed by atoms with Gasteiger partial charge < -0.3 is 10.1 Å². The first-order valence-corrected chi connectivity index (χ1v) is 4.30. The SMILES string of the molecule is COc1ccccc1/C=C/NC(C)=O. The quantitative estimate of drug-likeness (QED) is 0.791. The van der Waals surface area contributed by atoms with Gasteiger partial charge in [0, 0.05) is 18.7 Å². The Hall–Kier alpha value is -1.77. The molecule has 0 aliphatic carbocycles. The molecule has 14 heavy (non-hydrogen) atoms. The molecule has 1 aromatic carbocycles. The largest absolute Gasteiger partial charge is 0.496 e. The Bertz CT molecular complexity index is 345. The first kappa shape index (κ1) is 10.3. The Morgan fingerprint density at radius 2 is 2.14 bits per heavy atom. The molecule has 0 heterocycles. The second-order valence-corrected chi connectivity index (χ2v) is 2.78. The molecule has 1 aromatic rings. The number of carbonyl (C=O) groups excluding carboxylic acids is 1. The summed E-state index contributed by atoms with van der Waals surface area (Å²) in [5.41, 5.74) is 0.934. The number of para-hydroxylation sites is 1. The summed E-state index contributed by atoms with van der Waals surface area (Å²) in [4.78, 5) is 10.6. The molecule has 0 unspecified atom stereocenters. The van der Waals surface area contributed by atoms with Crippen molar-refractivity contribution in [3.05, 3.63) is 36.0 Å². The first-order valence-electron chi connectivity index (χ1n) is 4.30. The highest BCUT2D eigenvalue weighted by molar-refractivity contribution is 5.75. The molecule has 0 saturated carbocycles. The molecule has 3 nitrogen and oxygen atoms in total. The fourth-order valence-electron chi connectivity index (χ4n) is 1.05. The number of rotatable bonds is 3. The van der Waals surface area contributed by atoms with Crippen LogP contribution in [0.25, 0.3) is 6.08 Å². The van der Waals surface area contributed by atoms with Crippen LogP contribution in [0.15, 0.2) is 30.5 Å². The highest BCUT2D eigenvalue weighted by Gasteiger charge is 1.95. The molecule has 0 radical (unpaired) electrons. The summed E-state index contributed by atoms with van der Waals surface area (Å²) in [6.07, 6.45) is 3.39. The van der Waals surface area contributed by atoms with Gasteiger partial charge in [0.1, 0.15) is 5.75 Å². The third-order valence-corrected chi connectivity index (χ3v) is 1.69. The van der Waals surface area contributed by atoms with Gasteiger partial charge in [0.2, 0.25) is 5.91 Å². The van der Waals surface area contributed by atoms with Gasteiger partial charge in [0.05, 0.1) is 7.11 Å². The zero-order valence-electron chi connectivity index (χ0n) is 8.28. The summed E-state index contributed by atoms with van der Waals surface area (Å²) in [5, 5.41) is 2.57. The fraction of sp³-hybridized carbons (Fsp3) is 0.182. The Kier molecular flexibility index (Phi) is 3.73. The van der Waals surface area contributed by atoms with Gasteiger partial charge in [0.25, 0.3) is 0 Å². The van der Waals surface area contributed by atoms with Crippen LogP contribution >= 0.6 is 0 Å². The Morgan fingerprint density at radius 1 is 1.43 bits per heavy atom. The second-order valence-electron chi connectivity index (χ2n) is 2.78. The van der Waals surface area contributed by atoms with Gasteiger partial charge in [-0.3, -0.25) is 4.79 Å². The minimum Gasteiger partial charge on any atom is -0.496 e. The van der Waals surface area contributed by atoms with Crippen molar-refractivity contribution in [3.8, 4) is 5.75 Å². The van der Waals surface area contributed by atoms with Gasteiger partial charge in [-0.25, -0.2) is 0 Å². The van der Waals surface area contributed by atoms with Gasteiger partial charge in [0.15, 0.2) is 0 Å². The van der Waals surface area contributed by atoms with E-state index in [0.717, 1.165) is 11.3 Å². The minimum absolute atomic E-state index is 0.0869. The van der Waals surface area contributed by atoms with Crippen LogP contribution < -0.4 is 10.1 Å². The molecule has 0 saturated heterocycles. The number of hydrogen-bond donors (Lipinski definition) is 1. The van der Waals surface area contributed by atoms with Gasteiger partial charge in [-0.15, -0.1) is 0 Å². The third kappa shape index (κ3) is 2.94. The third-order valence-electron chi connectivity index (χ3n) is 1.69. The zero-order valence-corrected chi connectivity index (χ0v) is 8.28. The second kappa shape index (κ2) is 5.07. The summed E-state index contributed by atoms with van der Waals surface area (Å²) in [6, 6.07) is 7.59. The fourth-order valence-corrected chi connectivity index (χ4v) is 1.05. The summed E-state index contributed by atoms with van der Waals surface area (Å²) < 4.78 is 5.14. The van der Waals surface area contributed by atoms with Crippen LogP contribution in [0.5, 0.6) is 5.75 Å². The van der Waals surface area contributed by atoms with Crippen molar-refractivity contribution >= 4 is 12.0 Å². The van der Waals surface area contributed by atoms with Crippen LogP contribution in [0.4, 0.5) is 0 Å². The normalized spacial score (nSPS) is 10.1. The zero-order chi connectivity index (χ0) is 10.4. The molecule has 1 rings (SSSR count). The van der Waals surface area contributed by atoms with Crippen LogP contribution in [0.2, 0.25) is 0 Å². The van der Waals surface area contributed by atoms with Crippen LogP contribution in [0.3, 0.4) is 0 Å². The molecule has 0 aromatic heterocycles. The van der Waals surface area contributed by atoms with Crippen molar-refractivity contribution in [2.75, 3.05) is 7.11 Å². The molecular weight excluding hydrogens is 178 g/mol. The van der Waals surface area contributed by atoms with Crippen LogP contribution in [-0.2, 0) is 4.79 Å². The summed E-state index contributed by atoms with van der Waals surface area (Å²) in [5.74, 6) is 0.699. The van der Waals surface area contributed by atoms with E-state index < -0.39 is 0 Å². The molecule has 1 amide bonds. The maximum absolute atomic E-state index is 10.6. The predicted octanol–water partition coefficient (Wildman–Crippen LogP) is 1.80. The Morgan fingerprint density at radius 3 is 2.79 bits per heavy atom. The molecule has 0 bridgehead atoms. The van der Waals surface area contributed by atoms with Crippen molar-refractivity contribution in [2.24, 2.45) is 0 Å². The molecule has 0 fully saturated rings. The van der Waals surface area contributed by atoms with Crippen LogP contribution in [-0.4, -0.2) is 13.0 Å². The van der Waals surface area contributed by atoms with E-state index in [0.29, 0.717) is 0 Å². The molecule has 3 heteroatoms. The molecule has 74 valence electrons. The summed E-state index contributed by atoms with van der Waals surface area (Å²) in [6.45, 7) is 1.46. The number of methoxy groups -OCH3 is 1. The lowest BCUT2D eigenvalue weighted by molar-refractivity contribution is -0.118. The maximum atomic E-state index is 10.6. The lowest BCUT2D eigenvalue weighted by atomic mass is 10.2. The van der Waals surface area contributed by atoms with Crippen LogP contribution in [0.1, 0.15) is 12.5 Å². The van der Waals surface area contributed by atoms with E-state index in [2.05, 4.69) is 5.32 Å². The van der Waals surface area contributed by atoms with E-state index in [1.54, 1.807) is 19.4 Å². The van der Waals surface area contributed by atoms with Gasteiger partial charge in [-0.1, -0.05) is 18.2 Å². The number of hydrogen-bond acceptors (Lipinski definition) is 2. The van der Waals surface area contributed by atoms with Crippen molar-refractivity contribution in [2.45, 2.75) is 6.92 Å². The van der Waals surface area contributed by atoms with Crippen LogP contribution in [0, 0.1) is 0 Å². The van der Waals surface area contributed by atoms with Crippen molar-refractivity contribution < 1.29 is 9.53 Å². The average Bonchev–Trinajstić information content (AvgIpc) is 2.18. The van der Waals surface area contributed by atoms with Crippen molar-refractivity contribution in [1.29, 1.82) is 0 Å². The topological polar surface area (TPSA) is 38.3 Å². The van der Waals surface area contributed by atoms with Gasteiger partial charge in [-0.05, 0) is 12.1 Å². The number of nitrogens with one attached hydrogen (secondary N) is 1. The standard InChI is InChI=1S/C11H13NO2/c1-9(13)12-8-7-10-5-3-4-6-11(10)14-2/h3-8H,1-2H3,(H,12,13)/b8-7+. The molecule has 0 spiro atoms. The number of carbonyl (C=O) groups is 1. The molecule has 0 aliphatic rings. The van der Waals surface area contributed by atoms with E-state index in [1.807, 2.05) is 24.3 Å². The van der Waals surface area contributed by atoms with E-state index >= 15 is 0 Å². The minimum atomic E-state index is -0.0869. The predicted molar refractivity (Wildman–Crippen MR) is 55.8 cm³/mol. The maximum Gasteiger partial charge on any atom is 0.220 e. The summed E-state index contributed by atoms with van der Waals surface area (Å²) in [7, 11) is 1.62. The van der Waals surface area contributed by atoms with E-state index in [4.69, 9.17) is 4.74 Å². The highest BCUT2D eigenvalue weighted by Crippen LogP contribution is 2.17. The number of benzene rings is 1. The average molecular weight is 191 g/mol. The summed E-state index contributed by atoms with van der Waals surface area (Å²) >= 11 is 0. The lowest BCUT2D eigenvalue weighted by Crippen LogP contribution is -2.11. The first-order chi connectivity index (χ1) is 6.74. The highest BCUT2D eigenvalue weighted by atomic mass is 16.5. The van der Waals surface area contributed by atoms with E-state index in [-0.39, 0.29) is 5.91 Å². The molecule has 1 N–H and O–H groups in total. The smallest absolute Gasteiger partial charge is 0.220 e. The molecule has 0 aliphatic heterocycles. The number of ether oxygens (including phenoxy) is 1. The lowest BCUT2D eigenvalue weighted by Gasteiger charge is -2.02. The van der Waals surface area contributed by atoms with Crippen molar-refractivity contribution in [3.63, 3.8) is 0 Å². The van der Waals surface area contributed by atoms with Gasteiger partial charge >= 0.3 is 0 Å². The Balaban J connectivity index is 2.75. The molecule has 0 atom stereocenters. The van der Waals surface area contributed by atoms with E-state index in [9.17, 15) is 4.79 Å².